The Morgan fingerprint density at radius 1 is 0.849 bits per heavy atom. The normalized spacial score (nSPS) is 46.2. The first kappa shape index (κ1) is 42.7. The molecule has 0 aromatic rings. The lowest BCUT2D eigenvalue weighted by molar-refractivity contribution is -0.393. The van der Waals surface area contributed by atoms with Crippen molar-refractivity contribution in [3.63, 3.8) is 0 Å². The predicted molar refractivity (Wildman–Crippen MR) is 202 cm³/mol. The average molecular weight is 749 g/mol. The molecule has 0 unspecified atom stereocenters. The van der Waals surface area contributed by atoms with E-state index in [1.807, 2.05) is 54.5 Å². The number of ketones is 1. The van der Waals surface area contributed by atoms with Crippen LogP contribution in [0.15, 0.2) is 12.2 Å². The summed E-state index contributed by atoms with van der Waals surface area (Å²) in [4.78, 5) is 26.5. The molecule has 5 heterocycles. The number of hydrogen-bond donors (Lipinski definition) is 3. The van der Waals surface area contributed by atoms with Gasteiger partial charge in [0, 0.05) is 36.5 Å². The number of aliphatic hydroxyl groups excluding tert-OH is 1. The lowest BCUT2D eigenvalue weighted by Gasteiger charge is -2.53. The minimum atomic E-state index is -1.07. The van der Waals surface area contributed by atoms with Gasteiger partial charge in [-0.3, -0.25) is 9.59 Å². The number of rotatable bonds is 12. The van der Waals surface area contributed by atoms with Gasteiger partial charge in [0.15, 0.2) is 11.6 Å². The third-order valence-corrected chi connectivity index (χ3v) is 14.7. The van der Waals surface area contributed by atoms with E-state index in [1.54, 1.807) is 0 Å². The van der Waals surface area contributed by atoms with Crippen molar-refractivity contribution in [3.8, 4) is 0 Å². The third-order valence-electron chi connectivity index (χ3n) is 14.7. The topological polar surface area (TPSA) is 141 Å². The van der Waals surface area contributed by atoms with Crippen LogP contribution in [0.25, 0.3) is 0 Å². The highest BCUT2D eigenvalue weighted by molar-refractivity contribution is 5.84. The van der Waals surface area contributed by atoms with Crippen LogP contribution >= 0.6 is 0 Å². The second-order valence-electron chi connectivity index (χ2n) is 18.4. The molecule has 0 saturated carbocycles. The van der Waals surface area contributed by atoms with Crippen LogP contribution in [-0.4, -0.2) is 86.5 Å². The minimum absolute atomic E-state index is 0.0109. The number of carboxylic acids is 1. The fourth-order valence-corrected chi connectivity index (χ4v) is 11.0. The Labute approximate surface area is 319 Å². The first-order chi connectivity index (χ1) is 24.8. The van der Waals surface area contributed by atoms with Crippen molar-refractivity contribution in [2.75, 3.05) is 0 Å². The summed E-state index contributed by atoms with van der Waals surface area (Å²) in [5.41, 5.74) is -1.40. The second-order valence-corrected chi connectivity index (χ2v) is 18.4. The Bertz CT molecular complexity index is 1320. The minimum Gasteiger partial charge on any atom is -0.481 e. The van der Waals surface area contributed by atoms with Gasteiger partial charge in [-0.25, -0.2) is 0 Å². The van der Waals surface area contributed by atoms with E-state index in [1.165, 1.54) is 0 Å². The van der Waals surface area contributed by atoms with Crippen LogP contribution < -0.4 is 0 Å². The molecule has 10 heteroatoms. The zero-order valence-corrected chi connectivity index (χ0v) is 34.5. The largest absolute Gasteiger partial charge is 0.481 e. The van der Waals surface area contributed by atoms with Gasteiger partial charge < -0.3 is 39.0 Å². The maximum absolute atomic E-state index is 14.5. The van der Waals surface area contributed by atoms with E-state index in [-0.39, 0.29) is 53.7 Å². The number of carbonyl (C=O) groups excluding carboxylic acids is 1. The van der Waals surface area contributed by atoms with Gasteiger partial charge in [-0.2, -0.15) is 0 Å². The zero-order chi connectivity index (χ0) is 39.3. The van der Waals surface area contributed by atoms with Gasteiger partial charge in [-0.1, -0.05) is 68.4 Å². The number of hydrogen-bond acceptors (Lipinski definition) is 9. The van der Waals surface area contributed by atoms with Crippen LogP contribution in [0.1, 0.15) is 140 Å². The molecule has 2 spiro atoms. The van der Waals surface area contributed by atoms with Crippen molar-refractivity contribution in [3.05, 3.63) is 12.2 Å². The monoisotopic (exact) mass is 749 g/mol. The van der Waals surface area contributed by atoms with Gasteiger partial charge in [0.1, 0.15) is 5.78 Å². The molecule has 3 N–H and O–H groups in total. The number of Topliss-reactive ketones (excluding diaryl/α,β-unsaturated/α-hetero) is 1. The van der Waals surface area contributed by atoms with Crippen molar-refractivity contribution in [2.45, 2.75) is 200 Å². The van der Waals surface area contributed by atoms with Crippen molar-refractivity contribution in [1.82, 2.24) is 0 Å². The summed E-state index contributed by atoms with van der Waals surface area (Å²) in [6.45, 7) is 22.1. The highest BCUT2D eigenvalue weighted by Crippen LogP contribution is 2.54. The molecule has 0 aliphatic carbocycles. The van der Waals surface area contributed by atoms with E-state index in [9.17, 15) is 24.9 Å². The van der Waals surface area contributed by atoms with E-state index in [0.29, 0.717) is 44.9 Å². The summed E-state index contributed by atoms with van der Waals surface area (Å²) in [5.74, 6) is -4.68. The van der Waals surface area contributed by atoms with Crippen LogP contribution in [0.3, 0.4) is 0 Å². The molecule has 0 amide bonds. The average Bonchev–Trinajstić information content (AvgIpc) is 3.44. The van der Waals surface area contributed by atoms with Crippen molar-refractivity contribution in [1.29, 1.82) is 0 Å². The van der Waals surface area contributed by atoms with E-state index in [4.69, 9.17) is 23.7 Å². The number of carboxylic acid groups (broad SMARTS) is 1. The smallest absolute Gasteiger partial charge is 0.309 e. The van der Waals surface area contributed by atoms with Crippen molar-refractivity contribution >= 4 is 11.8 Å². The third kappa shape index (κ3) is 8.08. The molecule has 0 radical (unpaired) electrons. The molecule has 5 aliphatic heterocycles. The van der Waals surface area contributed by atoms with Crippen molar-refractivity contribution < 1.29 is 48.6 Å². The Kier molecular flexibility index (Phi) is 13.1. The summed E-state index contributed by atoms with van der Waals surface area (Å²) in [7, 11) is 0. The Hall–Kier alpha value is -1.40. The molecule has 0 aromatic heterocycles. The van der Waals surface area contributed by atoms with Gasteiger partial charge in [0.05, 0.1) is 53.7 Å². The van der Waals surface area contributed by atoms with Gasteiger partial charge in [-0.15, -0.1) is 0 Å². The lowest BCUT2D eigenvalue weighted by atomic mass is 9.72. The Morgan fingerprint density at radius 3 is 2.09 bits per heavy atom. The standard InChI is InChI=1S/C43H72O10/c1-12-31(35(45)28(8)34(44)29(9)36-24(4)22-25(5)37(50-36)32(13-2)39(46)47)38-26(6)23-27(7)43(51-38)18-15-17-42(53-43)21-20-40(11,52-42)33-16-19-41(48,14-3)30(10)49-33/h15,18,24-34,36-38,44,48H,12-14,16-17,19-23H2,1-11H3,(H,46,47)/t24-,25-,26-,27+,28-,29-,30-,31-,32+,33+,34+,36+,37+,38-,40-,41+,42+,43-/m0/s1. The molecule has 4 saturated heterocycles. The summed E-state index contributed by atoms with van der Waals surface area (Å²) >= 11 is 0. The van der Waals surface area contributed by atoms with Gasteiger partial charge in [0.2, 0.25) is 0 Å². The fourth-order valence-electron chi connectivity index (χ4n) is 11.0. The highest BCUT2D eigenvalue weighted by Gasteiger charge is 2.60. The molecule has 0 aromatic carbocycles. The molecule has 18 atom stereocenters. The first-order valence-electron chi connectivity index (χ1n) is 21.0. The summed E-state index contributed by atoms with van der Waals surface area (Å²) in [5, 5.41) is 32.7. The molecular formula is C43H72O10. The van der Waals surface area contributed by atoms with E-state index >= 15 is 0 Å². The molecule has 10 nitrogen and oxygen atoms in total. The number of aliphatic hydroxyl groups is 2. The van der Waals surface area contributed by atoms with Crippen LogP contribution in [0.5, 0.6) is 0 Å². The SMILES string of the molecule is CC[C@@H](C(=O)O)[C@@H]1O[C@@H]([C@@H](C)[C@H](O)[C@H](C)C(=O)[C@H](CC)[C@H]2O[C@]3(C=CC[C@]4(CC[C@@](C)([C@H]5CC[C@](O)(CC)[C@H](C)O5)O4)O3)[C@H](C)C[C@@H]2C)[C@@H](C)C[C@@H]1C. The first-order valence-corrected chi connectivity index (χ1v) is 21.0. The van der Waals surface area contributed by atoms with Crippen LogP contribution in [0.2, 0.25) is 0 Å². The Morgan fingerprint density at radius 2 is 1.49 bits per heavy atom. The summed E-state index contributed by atoms with van der Waals surface area (Å²) in [6, 6.07) is 0. The number of carbonyl (C=O) groups is 2. The van der Waals surface area contributed by atoms with Gasteiger partial charge >= 0.3 is 5.97 Å². The maximum Gasteiger partial charge on any atom is 0.309 e. The van der Waals surface area contributed by atoms with E-state index in [2.05, 4.69) is 33.8 Å². The van der Waals surface area contributed by atoms with Gasteiger partial charge in [0.25, 0.3) is 0 Å². The number of aliphatic carboxylic acids is 1. The molecular weight excluding hydrogens is 676 g/mol. The van der Waals surface area contributed by atoms with E-state index in [0.717, 1.165) is 19.3 Å². The van der Waals surface area contributed by atoms with E-state index < -0.39 is 64.8 Å². The quantitative estimate of drug-likeness (QED) is 0.172. The van der Waals surface area contributed by atoms with Gasteiger partial charge in [-0.05, 0) is 89.0 Å². The zero-order valence-electron chi connectivity index (χ0n) is 34.5. The molecule has 304 valence electrons. The fraction of sp³-hybridized carbons (Fsp3) is 0.907. The van der Waals surface area contributed by atoms with Crippen LogP contribution in [0.4, 0.5) is 0 Å². The summed E-state index contributed by atoms with van der Waals surface area (Å²) < 4.78 is 34.0. The highest BCUT2D eigenvalue weighted by atomic mass is 16.8. The van der Waals surface area contributed by atoms with Crippen LogP contribution in [-0.2, 0) is 33.3 Å². The second kappa shape index (κ2) is 16.2. The maximum atomic E-state index is 14.5. The molecule has 53 heavy (non-hydrogen) atoms. The molecule has 5 rings (SSSR count). The Balaban J connectivity index is 1.29. The number of ether oxygens (including phenoxy) is 5. The predicted octanol–water partition coefficient (Wildman–Crippen LogP) is 7.46. The summed E-state index contributed by atoms with van der Waals surface area (Å²) in [6.07, 6.45) is 8.18. The lowest BCUT2D eigenvalue weighted by Crippen LogP contribution is -2.60. The van der Waals surface area contributed by atoms with Crippen molar-refractivity contribution in [2.24, 2.45) is 47.3 Å². The molecule has 0 bridgehead atoms. The van der Waals surface area contributed by atoms with Crippen LogP contribution in [0, 0.1) is 47.3 Å². The molecule has 4 fully saturated rings. The molecule has 5 aliphatic rings.